The summed E-state index contributed by atoms with van der Waals surface area (Å²) in [5.41, 5.74) is 1.41. The summed E-state index contributed by atoms with van der Waals surface area (Å²) in [4.78, 5) is 22.5. The van der Waals surface area contributed by atoms with E-state index in [1.807, 2.05) is 0 Å². The number of non-ortho nitro benzene ring substituents is 1. The topological polar surface area (TPSA) is 117 Å². The Labute approximate surface area is 160 Å². The van der Waals surface area contributed by atoms with E-state index in [1.54, 1.807) is 37.4 Å². The van der Waals surface area contributed by atoms with Gasteiger partial charge < -0.3 is 19.3 Å². The summed E-state index contributed by atoms with van der Waals surface area (Å²) < 4.78 is 15.8. The number of aromatic nitrogens is 1. The average Bonchev–Trinajstić information content (AvgIpc) is 3.22. The molecule has 0 aliphatic carbocycles. The Morgan fingerprint density at radius 2 is 1.89 bits per heavy atom. The third kappa shape index (κ3) is 4.09. The van der Waals surface area contributed by atoms with E-state index in [0.717, 1.165) is 5.56 Å². The van der Waals surface area contributed by atoms with Gasteiger partial charge in [-0.25, -0.2) is 0 Å². The Kier molecular flexibility index (Phi) is 5.54. The molecule has 0 radical (unpaired) electrons. The van der Waals surface area contributed by atoms with Gasteiger partial charge in [0, 0.05) is 24.7 Å². The maximum atomic E-state index is 12.3. The SMILES string of the molecule is COc1ccc(OC)c(-c2cc(C(=O)NCc3ccc([N+](=O)[O-])cc3)no2)c1. The molecule has 0 atom stereocenters. The van der Waals surface area contributed by atoms with Gasteiger partial charge in [0.1, 0.15) is 11.5 Å². The van der Waals surface area contributed by atoms with Gasteiger partial charge in [0.2, 0.25) is 0 Å². The first kappa shape index (κ1) is 18.9. The van der Waals surface area contributed by atoms with Crippen molar-refractivity contribution in [2.75, 3.05) is 14.2 Å². The van der Waals surface area contributed by atoms with Gasteiger partial charge in [-0.1, -0.05) is 17.3 Å². The van der Waals surface area contributed by atoms with Crippen LogP contribution in [0.3, 0.4) is 0 Å². The first-order valence-electron chi connectivity index (χ1n) is 8.22. The number of hydrogen-bond acceptors (Lipinski definition) is 7. The van der Waals surface area contributed by atoms with E-state index in [1.165, 1.54) is 25.3 Å². The Morgan fingerprint density at radius 3 is 2.54 bits per heavy atom. The van der Waals surface area contributed by atoms with Crippen molar-refractivity contribution in [1.29, 1.82) is 0 Å². The van der Waals surface area contributed by atoms with Crippen molar-refractivity contribution < 1.29 is 23.7 Å². The number of amides is 1. The van der Waals surface area contributed by atoms with Gasteiger partial charge in [-0.3, -0.25) is 14.9 Å². The largest absolute Gasteiger partial charge is 0.497 e. The first-order chi connectivity index (χ1) is 13.5. The summed E-state index contributed by atoms with van der Waals surface area (Å²) in [7, 11) is 3.07. The van der Waals surface area contributed by atoms with Crippen LogP contribution in [0.1, 0.15) is 16.1 Å². The van der Waals surface area contributed by atoms with Crippen molar-refractivity contribution in [3.8, 4) is 22.8 Å². The summed E-state index contributed by atoms with van der Waals surface area (Å²) >= 11 is 0. The number of ether oxygens (including phenoxy) is 2. The zero-order valence-electron chi connectivity index (χ0n) is 15.2. The average molecular weight is 383 g/mol. The highest BCUT2D eigenvalue weighted by atomic mass is 16.6. The molecule has 28 heavy (non-hydrogen) atoms. The van der Waals surface area contributed by atoms with Crippen LogP contribution in [0.2, 0.25) is 0 Å². The minimum absolute atomic E-state index is 0.0107. The van der Waals surface area contributed by atoms with Crippen LogP contribution in [0.15, 0.2) is 53.1 Å². The van der Waals surface area contributed by atoms with Crippen LogP contribution in [-0.2, 0) is 6.54 Å². The molecule has 1 N–H and O–H groups in total. The molecule has 0 fully saturated rings. The molecule has 0 aliphatic heterocycles. The third-order valence-electron chi connectivity index (χ3n) is 4.02. The van der Waals surface area contributed by atoms with Gasteiger partial charge in [0.05, 0.1) is 24.7 Å². The van der Waals surface area contributed by atoms with Crippen molar-refractivity contribution in [3.05, 3.63) is 69.9 Å². The smallest absolute Gasteiger partial charge is 0.273 e. The number of nitro groups is 1. The molecule has 1 amide bonds. The Bertz CT molecular complexity index is 997. The van der Waals surface area contributed by atoms with E-state index >= 15 is 0 Å². The number of rotatable bonds is 7. The van der Waals surface area contributed by atoms with E-state index in [4.69, 9.17) is 14.0 Å². The molecule has 0 spiro atoms. The lowest BCUT2D eigenvalue weighted by Gasteiger charge is -2.07. The monoisotopic (exact) mass is 383 g/mol. The van der Waals surface area contributed by atoms with Crippen LogP contribution < -0.4 is 14.8 Å². The molecule has 3 rings (SSSR count). The molecule has 9 nitrogen and oxygen atoms in total. The highest BCUT2D eigenvalue weighted by Crippen LogP contribution is 2.33. The fourth-order valence-corrected chi connectivity index (χ4v) is 2.52. The third-order valence-corrected chi connectivity index (χ3v) is 4.02. The number of hydrogen-bond donors (Lipinski definition) is 1. The van der Waals surface area contributed by atoms with Crippen LogP contribution in [0, 0.1) is 10.1 Å². The predicted molar refractivity (Wildman–Crippen MR) is 99.3 cm³/mol. The molecule has 144 valence electrons. The van der Waals surface area contributed by atoms with E-state index in [2.05, 4.69) is 10.5 Å². The Balaban J connectivity index is 1.71. The van der Waals surface area contributed by atoms with Crippen molar-refractivity contribution in [2.45, 2.75) is 6.54 Å². The van der Waals surface area contributed by atoms with Gasteiger partial charge in [-0.15, -0.1) is 0 Å². The van der Waals surface area contributed by atoms with E-state index in [9.17, 15) is 14.9 Å². The van der Waals surface area contributed by atoms with Crippen molar-refractivity contribution in [3.63, 3.8) is 0 Å². The van der Waals surface area contributed by atoms with Crippen LogP contribution >= 0.6 is 0 Å². The summed E-state index contributed by atoms with van der Waals surface area (Å²) in [5, 5.41) is 17.2. The van der Waals surface area contributed by atoms with Crippen molar-refractivity contribution >= 4 is 11.6 Å². The fourth-order valence-electron chi connectivity index (χ4n) is 2.52. The van der Waals surface area contributed by atoms with Crippen LogP contribution in [0.4, 0.5) is 5.69 Å². The van der Waals surface area contributed by atoms with Gasteiger partial charge in [-0.05, 0) is 23.8 Å². The molecule has 2 aromatic carbocycles. The molecule has 1 heterocycles. The predicted octanol–water partition coefficient (Wildman–Crippen LogP) is 3.20. The molecular formula is C19H17N3O6. The molecule has 0 saturated carbocycles. The second-order valence-corrected chi connectivity index (χ2v) is 5.75. The van der Waals surface area contributed by atoms with Crippen LogP contribution in [0.5, 0.6) is 11.5 Å². The Morgan fingerprint density at radius 1 is 1.14 bits per heavy atom. The number of nitrogens with one attached hydrogen (secondary N) is 1. The fraction of sp³-hybridized carbons (Fsp3) is 0.158. The highest BCUT2D eigenvalue weighted by Gasteiger charge is 2.17. The Hall–Kier alpha value is -3.88. The number of carbonyl (C=O) groups excluding carboxylic acids is 1. The molecule has 0 unspecified atom stereocenters. The molecule has 9 heteroatoms. The highest BCUT2D eigenvalue weighted by molar-refractivity contribution is 5.93. The van der Waals surface area contributed by atoms with Crippen molar-refractivity contribution in [1.82, 2.24) is 10.5 Å². The normalized spacial score (nSPS) is 10.4. The molecule has 1 aromatic heterocycles. The molecule has 0 saturated heterocycles. The van der Waals surface area contributed by atoms with Gasteiger partial charge in [-0.2, -0.15) is 0 Å². The van der Waals surface area contributed by atoms with E-state index in [-0.39, 0.29) is 17.9 Å². The van der Waals surface area contributed by atoms with E-state index < -0.39 is 10.8 Å². The second-order valence-electron chi connectivity index (χ2n) is 5.75. The lowest BCUT2D eigenvalue weighted by atomic mass is 10.1. The van der Waals surface area contributed by atoms with Gasteiger partial charge >= 0.3 is 0 Å². The standard InChI is InChI=1S/C19H17N3O6/c1-26-14-7-8-17(27-2)15(9-14)18-10-16(21-28-18)19(23)20-11-12-3-5-13(6-4-12)22(24)25/h3-10H,11H2,1-2H3,(H,20,23). The summed E-state index contributed by atoms with van der Waals surface area (Å²) in [6, 6.07) is 12.6. The zero-order valence-corrected chi connectivity index (χ0v) is 15.2. The zero-order chi connectivity index (χ0) is 20.1. The quantitative estimate of drug-likeness (QED) is 0.492. The minimum atomic E-state index is -0.480. The summed E-state index contributed by atoms with van der Waals surface area (Å²) in [6.07, 6.45) is 0. The number of methoxy groups -OCH3 is 2. The molecule has 0 aliphatic rings. The first-order valence-corrected chi connectivity index (χ1v) is 8.22. The second kappa shape index (κ2) is 8.21. The van der Waals surface area contributed by atoms with E-state index in [0.29, 0.717) is 22.8 Å². The lowest BCUT2D eigenvalue weighted by molar-refractivity contribution is -0.384. The number of nitrogens with zero attached hydrogens (tertiary/aromatic N) is 2. The van der Waals surface area contributed by atoms with Crippen LogP contribution in [0.25, 0.3) is 11.3 Å². The molecule has 0 bridgehead atoms. The molecular weight excluding hydrogens is 366 g/mol. The summed E-state index contributed by atoms with van der Waals surface area (Å²) in [6.45, 7) is 0.196. The van der Waals surface area contributed by atoms with Crippen LogP contribution in [-0.4, -0.2) is 30.2 Å². The lowest BCUT2D eigenvalue weighted by Crippen LogP contribution is -2.23. The number of nitro benzene ring substituents is 1. The maximum Gasteiger partial charge on any atom is 0.273 e. The maximum absolute atomic E-state index is 12.3. The van der Waals surface area contributed by atoms with Gasteiger partial charge in [0.25, 0.3) is 11.6 Å². The number of carbonyl (C=O) groups is 1. The summed E-state index contributed by atoms with van der Waals surface area (Å²) in [5.74, 6) is 1.08. The molecule has 3 aromatic rings. The number of benzene rings is 2. The van der Waals surface area contributed by atoms with Crippen molar-refractivity contribution in [2.24, 2.45) is 0 Å². The minimum Gasteiger partial charge on any atom is -0.497 e. The van der Waals surface area contributed by atoms with Gasteiger partial charge in [0.15, 0.2) is 11.5 Å².